The summed E-state index contributed by atoms with van der Waals surface area (Å²) in [6.07, 6.45) is 1.71. The Morgan fingerprint density at radius 1 is 1.56 bits per heavy atom. The minimum atomic E-state index is -0.197. The number of amides is 1. The number of piperidine rings is 1. The molecule has 1 saturated heterocycles. The number of nitrogens with zero attached hydrogens (tertiary/aromatic N) is 2. The smallest absolute Gasteiger partial charge is 0.237 e. The second-order valence-electron chi connectivity index (χ2n) is 4.78. The summed E-state index contributed by atoms with van der Waals surface area (Å²) < 4.78 is 0. The number of carbonyl (C=O) groups excluding carboxylic acids is 1. The van der Waals surface area contributed by atoms with Gasteiger partial charge in [-0.15, -0.1) is 0 Å². The van der Waals surface area contributed by atoms with Crippen molar-refractivity contribution in [2.24, 2.45) is 5.41 Å². The highest BCUT2D eigenvalue weighted by molar-refractivity contribution is 5.81. The number of likely N-dealkylation sites (N-methyl/N-ethyl adjacent to an activating group) is 1. The van der Waals surface area contributed by atoms with E-state index in [9.17, 15) is 4.79 Å². The van der Waals surface area contributed by atoms with E-state index < -0.39 is 0 Å². The third-order valence-corrected chi connectivity index (χ3v) is 3.45. The van der Waals surface area contributed by atoms with Crippen molar-refractivity contribution >= 4 is 5.91 Å². The predicted molar refractivity (Wildman–Crippen MR) is 62.7 cm³/mol. The zero-order chi connectivity index (χ0) is 12.2. The molecule has 0 aromatic carbocycles. The lowest BCUT2D eigenvalue weighted by molar-refractivity contribution is -0.126. The second-order valence-corrected chi connectivity index (χ2v) is 4.78. The molecule has 16 heavy (non-hydrogen) atoms. The average Bonchev–Trinajstić information content (AvgIpc) is 2.29. The van der Waals surface area contributed by atoms with E-state index in [1.54, 1.807) is 0 Å². The first-order valence-electron chi connectivity index (χ1n) is 5.95. The number of nitrogens with one attached hydrogen (secondary N) is 1. The van der Waals surface area contributed by atoms with Gasteiger partial charge in [0.05, 0.1) is 17.5 Å². The molecule has 0 aromatic heterocycles. The van der Waals surface area contributed by atoms with Crippen LogP contribution in [-0.2, 0) is 4.79 Å². The van der Waals surface area contributed by atoms with Gasteiger partial charge in [-0.05, 0) is 33.6 Å². The second kappa shape index (κ2) is 5.31. The van der Waals surface area contributed by atoms with Crippen molar-refractivity contribution in [3.8, 4) is 6.07 Å². The molecular weight excluding hydrogens is 202 g/mol. The Balaban J connectivity index is 2.48. The number of nitriles is 1. The molecule has 0 radical (unpaired) electrons. The molecule has 1 fully saturated rings. The van der Waals surface area contributed by atoms with Gasteiger partial charge in [0.25, 0.3) is 0 Å². The Bertz CT molecular complexity index is 287. The van der Waals surface area contributed by atoms with E-state index in [-0.39, 0.29) is 17.4 Å². The molecule has 1 atom stereocenters. The predicted octanol–water partition coefficient (Wildman–Crippen LogP) is 1.14. The van der Waals surface area contributed by atoms with Gasteiger partial charge in [0.15, 0.2) is 0 Å². The van der Waals surface area contributed by atoms with Crippen LogP contribution in [0.5, 0.6) is 0 Å². The van der Waals surface area contributed by atoms with Gasteiger partial charge in [0.2, 0.25) is 5.91 Å². The molecule has 0 aliphatic carbocycles. The Morgan fingerprint density at radius 3 is 2.56 bits per heavy atom. The van der Waals surface area contributed by atoms with E-state index in [2.05, 4.69) is 16.3 Å². The minimum absolute atomic E-state index is 0.0804. The molecule has 0 spiro atoms. The SMILES string of the molecule is CCNC(=O)C(C)N1CCC(C)(C#N)CC1. The lowest BCUT2D eigenvalue weighted by atomic mass is 9.81. The molecule has 1 unspecified atom stereocenters. The van der Waals surface area contributed by atoms with E-state index in [1.807, 2.05) is 20.8 Å². The van der Waals surface area contributed by atoms with Crippen LogP contribution in [0.4, 0.5) is 0 Å². The number of hydrogen-bond acceptors (Lipinski definition) is 3. The van der Waals surface area contributed by atoms with Crippen LogP contribution in [0.1, 0.15) is 33.6 Å². The first-order chi connectivity index (χ1) is 7.52. The summed E-state index contributed by atoms with van der Waals surface area (Å²) >= 11 is 0. The molecule has 1 rings (SSSR count). The average molecular weight is 223 g/mol. The van der Waals surface area contributed by atoms with Gasteiger partial charge in [-0.3, -0.25) is 9.69 Å². The van der Waals surface area contributed by atoms with Crippen LogP contribution in [0, 0.1) is 16.7 Å². The van der Waals surface area contributed by atoms with Gasteiger partial charge >= 0.3 is 0 Å². The van der Waals surface area contributed by atoms with Gasteiger partial charge in [0, 0.05) is 19.6 Å². The van der Waals surface area contributed by atoms with Crippen molar-refractivity contribution in [3.05, 3.63) is 0 Å². The standard InChI is InChI=1S/C12H21N3O/c1-4-14-11(16)10(2)15-7-5-12(3,9-13)6-8-15/h10H,4-8H2,1-3H3,(H,14,16). The van der Waals surface area contributed by atoms with Crippen LogP contribution in [0.15, 0.2) is 0 Å². The minimum Gasteiger partial charge on any atom is -0.355 e. The van der Waals surface area contributed by atoms with Crippen LogP contribution in [-0.4, -0.2) is 36.5 Å². The summed E-state index contributed by atoms with van der Waals surface area (Å²) in [5.74, 6) is 0.0862. The molecule has 1 heterocycles. The highest BCUT2D eigenvalue weighted by atomic mass is 16.2. The molecule has 1 amide bonds. The van der Waals surface area contributed by atoms with E-state index in [1.165, 1.54) is 0 Å². The number of hydrogen-bond donors (Lipinski definition) is 1. The molecule has 90 valence electrons. The maximum atomic E-state index is 11.7. The lowest BCUT2D eigenvalue weighted by Crippen LogP contribution is -2.49. The van der Waals surface area contributed by atoms with Crippen molar-refractivity contribution in [2.45, 2.75) is 39.7 Å². The van der Waals surface area contributed by atoms with Crippen molar-refractivity contribution in [2.75, 3.05) is 19.6 Å². The summed E-state index contributed by atoms with van der Waals surface area (Å²) in [7, 11) is 0. The number of likely N-dealkylation sites (tertiary alicyclic amines) is 1. The van der Waals surface area contributed by atoms with E-state index in [4.69, 9.17) is 5.26 Å². The van der Waals surface area contributed by atoms with Gasteiger partial charge < -0.3 is 5.32 Å². The highest BCUT2D eigenvalue weighted by Crippen LogP contribution is 2.30. The molecule has 0 bridgehead atoms. The fraction of sp³-hybridized carbons (Fsp3) is 0.833. The van der Waals surface area contributed by atoms with E-state index in [0.717, 1.165) is 25.9 Å². The van der Waals surface area contributed by atoms with Crippen LogP contribution in [0.3, 0.4) is 0 Å². The molecule has 0 aromatic rings. The van der Waals surface area contributed by atoms with Gasteiger partial charge in [-0.1, -0.05) is 0 Å². The van der Waals surface area contributed by atoms with Crippen molar-refractivity contribution in [1.29, 1.82) is 5.26 Å². The molecule has 4 nitrogen and oxygen atoms in total. The molecule has 4 heteroatoms. The quantitative estimate of drug-likeness (QED) is 0.780. The maximum absolute atomic E-state index is 11.7. The molecule has 0 saturated carbocycles. The summed E-state index contributed by atoms with van der Waals surface area (Å²) in [6, 6.07) is 2.29. The maximum Gasteiger partial charge on any atom is 0.237 e. The summed E-state index contributed by atoms with van der Waals surface area (Å²) in [5.41, 5.74) is -0.197. The van der Waals surface area contributed by atoms with E-state index in [0.29, 0.717) is 6.54 Å². The Labute approximate surface area is 97.6 Å². The molecule has 1 aliphatic heterocycles. The Morgan fingerprint density at radius 2 is 2.12 bits per heavy atom. The summed E-state index contributed by atoms with van der Waals surface area (Å²) in [4.78, 5) is 13.8. The van der Waals surface area contributed by atoms with Gasteiger partial charge in [0.1, 0.15) is 0 Å². The van der Waals surface area contributed by atoms with E-state index >= 15 is 0 Å². The molecular formula is C12H21N3O. The largest absolute Gasteiger partial charge is 0.355 e. The summed E-state index contributed by atoms with van der Waals surface area (Å²) in [5, 5.41) is 11.9. The number of rotatable bonds is 3. The third-order valence-electron chi connectivity index (χ3n) is 3.45. The summed E-state index contributed by atoms with van der Waals surface area (Å²) in [6.45, 7) is 8.20. The monoisotopic (exact) mass is 223 g/mol. The molecule has 1 aliphatic rings. The van der Waals surface area contributed by atoms with Crippen LogP contribution >= 0.6 is 0 Å². The third kappa shape index (κ3) is 2.96. The van der Waals surface area contributed by atoms with Gasteiger partial charge in [-0.25, -0.2) is 0 Å². The van der Waals surface area contributed by atoms with Crippen molar-refractivity contribution < 1.29 is 4.79 Å². The lowest BCUT2D eigenvalue weighted by Gasteiger charge is -2.37. The fourth-order valence-corrected chi connectivity index (χ4v) is 2.00. The van der Waals surface area contributed by atoms with Crippen LogP contribution in [0.2, 0.25) is 0 Å². The van der Waals surface area contributed by atoms with Gasteiger partial charge in [-0.2, -0.15) is 5.26 Å². The fourth-order valence-electron chi connectivity index (χ4n) is 2.00. The highest BCUT2D eigenvalue weighted by Gasteiger charge is 2.33. The van der Waals surface area contributed by atoms with Crippen LogP contribution < -0.4 is 5.32 Å². The number of carbonyl (C=O) groups is 1. The van der Waals surface area contributed by atoms with Crippen molar-refractivity contribution in [1.82, 2.24) is 10.2 Å². The zero-order valence-electron chi connectivity index (χ0n) is 10.4. The first kappa shape index (κ1) is 13.0. The Hall–Kier alpha value is -1.08. The zero-order valence-corrected chi connectivity index (χ0v) is 10.4. The topological polar surface area (TPSA) is 56.1 Å². The van der Waals surface area contributed by atoms with Crippen LogP contribution in [0.25, 0.3) is 0 Å². The normalized spacial score (nSPS) is 22.1. The first-order valence-corrected chi connectivity index (χ1v) is 5.95. The van der Waals surface area contributed by atoms with Crippen molar-refractivity contribution in [3.63, 3.8) is 0 Å². The Kier molecular flexibility index (Phi) is 4.31. The molecule has 1 N–H and O–H groups in total.